The molecule has 2 atom stereocenters. The van der Waals surface area contributed by atoms with Crippen molar-refractivity contribution in [1.29, 1.82) is 0 Å². The summed E-state index contributed by atoms with van der Waals surface area (Å²) in [5.41, 5.74) is 1.60. The number of hydrogen-bond donors (Lipinski definition) is 2. The minimum absolute atomic E-state index is 0.0312. The van der Waals surface area contributed by atoms with Gasteiger partial charge in [0.25, 0.3) is 5.91 Å². The molecule has 1 saturated heterocycles. The number of ether oxygens (including phenoxy) is 1. The van der Waals surface area contributed by atoms with Crippen LogP contribution in [0.2, 0.25) is 5.02 Å². The van der Waals surface area contributed by atoms with E-state index in [0.717, 1.165) is 23.4 Å². The van der Waals surface area contributed by atoms with Crippen LogP contribution >= 0.6 is 11.6 Å². The zero-order valence-corrected chi connectivity index (χ0v) is 29.1. The summed E-state index contributed by atoms with van der Waals surface area (Å²) in [4.78, 5) is 53.6. The van der Waals surface area contributed by atoms with Gasteiger partial charge in [0.05, 0.1) is 54.0 Å². The van der Waals surface area contributed by atoms with Crippen molar-refractivity contribution in [2.75, 3.05) is 58.3 Å². The third-order valence-electron chi connectivity index (χ3n) is 8.94. The molecule has 0 aromatic heterocycles. The van der Waals surface area contributed by atoms with E-state index in [1.165, 1.54) is 18.3 Å². The second kappa shape index (κ2) is 17.8. The van der Waals surface area contributed by atoms with Crippen LogP contribution in [0, 0.1) is 5.92 Å². The van der Waals surface area contributed by atoms with E-state index < -0.39 is 42.1 Å². The summed E-state index contributed by atoms with van der Waals surface area (Å²) in [6.07, 6.45) is 2.81. The Hall–Kier alpha value is -3.95. The minimum atomic E-state index is -4.60. The number of nitrogens with one attached hydrogen (secondary N) is 2. The Balaban J connectivity index is 1.53. The van der Waals surface area contributed by atoms with Gasteiger partial charge in [0.2, 0.25) is 11.8 Å². The summed E-state index contributed by atoms with van der Waals surface area (Å²) in [6.45, 7) is 5.53. The van der Waals surface area contributed by atoms with E-state index in [1.807, 2.05) is 30.9 Å². The standard InChI is InChI=1S/C34H43ClF4N6O5/c1-4-26(22-11-17-49-18-12-22)40-21-41-27(5-2)31(44-13-15-45(16-14-44)32(47)24-7-6-8-29(24)50-39)33(48)43(3)20-30(46)42-28-10-9-23(19-25(28)35)34(36,37)38/h4,9-11,19,21,24,29H,5-8,12-18,20H2,1-3H3,(H,40,41)(H,42,46)/b26-4?,31-27+. The summed E-state index contributed by atoms with van der Waals surface area (Å²) in [6, 6.07) is 2.57. The van der Waals surface area contributed by atoms with E-state index in [9.17, 15) is 32.1 Å². The third kappa shape index (κ3) is 9.85. The van der Waals surface area contributed by atoms with E-state index in [1.54, 1.807) is 4.90 Å². The Kier molecular flexibility index (Phi) is 13.8. The lowest BCUT2D eigenvalue weighted by Gasteiger charge is -2.39. The molecule has 0 radical (unpaired) electrons. The Bertz CT molecular complexity index is 1520. The Morgan fingerprint density at radius 2 is 1.88 bits per heavy atom. The van der Waals surface area contributed by atoms with Gasteiger partial charge in [-0.2, -0.15) is 18.1 Å². The average Bonchev–Trinajstić information content (AvgIpc) is 3.59. The molecular formula is C34H43ClF4N6O5. The van der Waals surface area contributed by atoms with E-state index >= 15 is 0 Å². The lowest BCUT2D eigenvalue weighted by Crippen LogP contribution is -2.53. The Morgan fingerprint density at radius 1 is 1.16 bits per heavy atom. The van der Waals surface area contributed by atoms with Gasteiger partial charge in [0.15, 0.2) is 0 Å². The van der Waals surface area contributed by atoms with Gasteiger partial charge in [-0.15, -0.1) is 0 Å². The molecule has 0 spiro atoms. The molecule has 2 aliphatic heterocycles. The fourth-order valence-electron chi connectivity index (χ4n) is 6.23. The van der Waals surface area contributed by atoms with E-state index in [-0.39, 0.29) is 48.5 Å². The highest BCUT2D eigenvalue weighted by Gasteiger charge is 2.39. The molecule has 16 heteroatoms. The fourth-order valence-corrected chi connectivity index (χ4v) is 6.45. The summed E-state index contributed by atoms with van der Waals surface area (Å²) in [7, 11) is 1.43. The van der Waals surface area contributed by atoms with Crippen LogP contribution in [0.15, 0.2) is 58.0 Å². The van der Waals surface area contributed by atoms with Crippen molar-refractivity contribution >= 4 is 41.3 Å². The monoisotopic (exact) mass is 726 g/mol. The number of alkyl halides is 3. The molecule has 2 heterocycles. The number of halogens is 5. The number of rotatable bonds is 12. The molecule has 4 rings (SSSR count). The van der Waals surface area contributed by atoms with Crippen molar-refractivity contribution in [3.05, 3.63) is 63.6 Å². The number of allylic oxidation sites excluding steroid dienone is 3. The van der Waals surface area contributed by atoms with Gasteiger partial charge in [-0.1, -0.05) is 30.7 Å². The molecule has 2 unspecified atom stereocenters. The number of benzene rings is 1. The molecule has 1 saturated carbocycles. The number of carbonyl (C=O) groups is 3. The van der Waals surface area contributed by atoms with E-state index in [4.69, 9.17) is 16.3 Å². The molecule has 2 N–H and O–H groups in total. The minimum Gasteiger partial charge on any atom is -0.377 e. The number of piperazine rings is 1. The second-order valence-electron chi connectivity index (χ2n) is 12.2. The van der Waals surface area contributed by atoms with Crippen molar-refractivity contribution in [3.63, 3.8) is 0 Å². The quantitative estimate of drug-likeness (QED) is 0.127. The first-order valence-corrected chi connectivity index (χ1v) is 16.9. The molecule has 1 aliphatic carbocycles. The first kappa shape index (κ1) is 38.8. The predicted octanol–water partition coefficient (Wildman–Crippen LogP) is 5.46. The fraction of sp³-hybridized carbons (Fsp3) is 0.529. The highest BCUT2D eigenvalue weighted by molar-refractivity contribution is 6.33. The normalized spacial score (nSPS) is 20.8. The smallest absolute Gasteiger partial charge is 0.377 e. The predicted molar refractivity (Wildman–Crippen MR) is 180 cm³/mol. The molecule has 3 amide bonds. The molecule has 11 nitrogen and oxygen atoms in total. The van der Waals surface area contributed by atoms with Gasteiger partial charge in [0.1, 0.15) is 11.8 Å². The summed E-state index contributed by atoms with van der Waals surface area (Å²) >= 11 is 6.02. The van der Waals surface area contributed by atoms with Gasteiger partial charge < -0.3 is 30.1 Å². The van der Waals surface area contributed by atoms with Crippen molar-refractivity contribution in [3.8, 4) is 0 Å². The zero-order valence-electron chi connectivity index (χ0n) is 28.3. The van der Waals surface area contributed by atoms with Crippen molar-refractivity contribution in [2.24, 2.45) is 10.9 Å². The third-order valence-corrected chi connectivity index (χ3v) is 9.25. The molecular weight excluding hydrogens is 684 g/mol. The highest BCUT2D eigenvalue weighted by atomic mass is 35.5. The SMILES string of the molecule is CC=C(N=CN/C(CC)=C(\C(=O)N(C)CC(=O)Nc1ccc(C(F)(F)F)cc1Cl)N1CCN(C(=O)C2CCCC2OF)CC1)C1=CCOCC1. The van der Waals surface area contributed by atoms with Gasteiger partial charge in [-0.05, 0) is 67.3 Å². The van der Waals surface area contributed by atoms with Gasteiger partial charge >= 0.3 is 6.18 Å². The molecule has 1 aromatic rings. The molecule has 1 aromatic carbocycles. The number of aliphatic imine (C=N–C) groups is 1. The van der Waals surface area contributed by atoms with Crippen LogP contribution < -0.4 is 10.6 Å². The Labute approximate surface area is 293 Å². The number of hydrogen-bond acceptors (Lipinski definition) is 7. The largest absolute Gasteiger partial charge is 0.416 e. The van der Waals surface area contributed by atoms with Crippen molar-refractivity contribution < 1.29 is 41.8 Å². The number of nitrogens with zero attached hydrogens (tertiary/aromatic N) is 4. The molecule has 3 aliphatic rings. The number of carbonyl (C=O) groups excluding carboxylic acids is 3. The maximum Gasteiger partial charge on any atom is 0.416 e. The molecule has 2 fully saturated rings. The lowest BCUT2D eigenvalue weighted by atomic mass is 10.0. The van der Waals surface area contributed by atoms with Crippen molar-refractivity contribution in [2.45, 2.75) is 58.2 Å². The van der Waals surface area contributed by atoms with Crippen LogP contribution in [0.25, 0.3) is 0 Å². The summed E-state index contributed by atoms with van der Waals surface area (Å²) in [5, 5.41) is 5.34. The van der Waals surface area contributed by atoms with Crippen molar-refractivity contribution in [1.82, 2.24) is 20.0 Å². The highest BCUT2D eigenvalue weighted by Crippen LogP contribution is 2.34. The van der Waals surface area contributed by atoms with Crippen LogP contribution in [0.5, 0.6) is 0 Å². The van der Waals surface area contributed by atoms with Gasteiger partial charge in [-0.25, -0.2) is 4.99 Å². The topological polar surface area (TPSA) is 116 Å². The number of amides is 3. The molecule has 274 valence electrons. The van der Waals surface area contributed by atoms with Crippen LogP contribution in [0.4, 0.5) is 23.4 Å². The molecule has 50 heavy (non-hydrogen) atoms. The Morgan fingerprint density at radius 3 is 2.48 bits per heavy atom. The van der Waals surface area contributed by atoms with Crippen LogP contribution in [0.3, 0.4) is 0 Å². The van der Waals surface area contributed by atoms with Crippen LogP contribution in [0.1, 0.15) is 51.5 Å². The first-order chi connectivity index (χ1) is 23.9. The van der Waals surface area contributed by atoms with E-state index in [2.05, 4.69) is 20.6 Å². The van der Waals surface area contributed by atoms with Gasteiger partial charge in [-0.3, -0.25) is 14.4 Å². The number of anilines is 1. The maximum absolute atomic E-state index is 14.1. The maximum atomic E-state index is 14.1. The van der Waals surface area contributed by atoms with Crippen LogP contribution in [-0.4, -0.2) is 97.8 Å². The second-order valence-corrected chi connectivity index (χ2v) is 12.6. The van der Waals surface area contributed by atoms with Gasteiger partial charge in [0, 0.05) is 38.9 Å². The zero-order chi connectivity index (χ0) is 36.4. The molecule has 0 bridgehead atoms. The lowest BCUT2D eigenvalue weighted by molar-refractivity contribution is -0.194. The average molecular weight is 727 g/mol. The number of likely N-dealkylation sites (N-methyl/N-ethyl adjacent to an activating group) is 1. The van der Waals surface area contributed by atoms with E-state index in [0.29, 0.717) is 57.1 Å². The summed E-state index contributed by atoms with van der Waals surface area (Å²) in [5.74, 6) is -1.91. The van der Waals surface area contributed by atoms with Crippen LogP contribution in [-0.2, 0) is 30.2 Å². The summed E-state index contributed by atoms with van der Waals surface area (Å²) < 4.78 is 57.7. The first-order valence-electron chi connectivity index (χ1n) is 16.6.